The van der Waals surface area contributed by atoms with E-state index in [0.29, 0.717) is 12.3 Å². The van der Waals surface area contributed by atoms with Crippen molar-refractivity contribution in [3.05, 3.63) is 29.8 Å². The summed E-state index contributed by atoms with van der Waals surface area (Å²) in [4.78, 5) is 11.8. The number of nitrogens with one attached hydrogen (secondary N) is 1. The van der Waals surface area contributed by atoms with E-state index in [-0.39, 0.29) is 12.0 Å². The van der Waals surface area contributed by atoms with E-state index in [1.165, 1.54) is 0 Å². The van der Waals surface area contributed by atoms with Crippen LogP contribution < -0.4 is 5.32 Å². The molecule has 1 amide bonds. The van der Waals surface area contributed by atoms with Crippen molar-refractivity contribution >= 4 is 23.2 Å². The summed E-state index contributed by atoms with van der Waals surface area (Å²) in [6.45, 7) is 0.837. The van der Waals surface area contributed by atoms with Crippen molar-refractivity contribution in [1.29, 1.82) is 0 Å². The lowest BCUT2D eigenvalue weighted by Crippen LogP contribution is -2.15. The summed E-state index contributed by atoms with van der Waals surface area (Å²) in [5.41, 5.74) is 1.82. The highest BCUT2D eigenvalue weighted by atomic mass is 35.5. The quantitative estimate of drug-likeness (QED) is 0.831. The average Bonchev–Trinajstić information content (AvgIpc) is 2.90. The van der Waals surface area contributed by atoms with Crippen molar-refractivity contribution in [2.24, 2.45) is 0 Å². The Morgan fingerprint density at radius 3 is 3.11 bits per heavy atom. The minimum absolute atomic E-state index is 0.0391. The van der Waals surface area contributed by atoms with Gasteiger partial charge in [-0.15, -0.1) is 11.6 Å². The molecule has 1 fully saturated rings. The minimum Gasteiger partial charge on any atom is -0.378 e. The van der Waals surface area contributed by atoms with Gasteiger partial charge in [0.1, 0.15) is 0 Å². The van der Waals surface area contributed by atoms with Gasteiger partial charge in [-0.2, -0.15) is 0 Å². The predicted molar refractivity (Wildman–Crippen MR) is 72.8 cm³/mol. The summed E-state index contributed by atoms with van der Waals surface area (Å²) in [6.07, 6.45) is 3.78. The maximum absolute atomic E-state index is 11.8. The van der Waals surface area contributed by atoms with E-state index in [9.17, 15) is 4.79 Å². The molecule has 4 heteroatoms. The molecule has 1 atom stereocenters. The first-order chi connectivity index (χ1) is 8.78. The van der Waals surface area contributed by atoms with E-state index in [1.807, 2.05) is 24.3 Å². The normalized spacial score (nSPS) is 18.8. The Morgan fingerprint density at radius 1 is 1.50 bits per heavy atom. The maximum Gasteiger partial charge on any atom is 0.224 e. The van der Waals surface area contributed by atoms with Crippen LogP contribution in [0.4, 0.5) is 5.69 Å². The topological polar surface area (TPSA) is 38.3 Å². The number of anilines is 1. The van der Waals surface area contributed by atoms with Crippen molar-refractivity contribution in [2.45, 2.75) is 37.7 Å². The molecule has 1 aliphatic rings. The first-order valence-electron chi connectivity index (χ1n) is 6.34. The molecule has 1 unspecified atom stereocenters. The van der Waals surface area contributed by atoms with Crippen molar-refractivity contribution in [3.63, 3.8) is 0 Å². The second-order valence-corrected chi connectivity index (χ2v) is 4.82. The third-order valence-corrected chi connectivity index (χ3v) is 3.39. The highest BCUT2D eigenvalue weighted by molar-refractivity contribution is 6.17. The number of carbonyl (C=O) groups excluding carboxylic acids is 1. The number of rotatable bonds is 5. The molecule has 98 valence electrons. The largest absolute Gasteiger partial charge is 0.378 e. The van der Waals surface area contributed by atoms with Crippen LogP contribution in [0.2, 0.25) is 0 Å². The van der Waals surface area contributed by atoms with Gasteiger partial charge in [0, 0.05) is 24.6 Å². The van der Waals surface area contributed by atoms with Crippen LogP contribution in [0.5, 0.6) is 0 Å². The Bertz CT molecular complexity index is 403. The van der Waals surface area contributed by atoms with Gasteiger partial charge >= 0.3 is 0 Å². The smallest absolute Gasteiger partial charge is 0.224 e. The molecular formula is C14H18ClNO2. The Labute approximate surface area is 112 Å². The highest BCUT2D eigenvalue weighted by Crippen LogP contribution is 2.18. The number of hydrogen-bond acceptors (Lipinski definition) is 2. The van der Waals surface area contributed by atoms with Crippen molar-refractivity contribution in [1.82, 2.24) is 0 Å². The fraction of sp³-hybridized carbons (Fsp3) is 0.500. The fourth-order valence-electron chi connectivity index (χ4n) is 2.12. The van der Waals surface area contributed by atoms with Gasteiger partial charge < -0.3 is 10.1 Å². The molecule has 3 nitrogen and oxygen atoms in total. The predicted octanol–water partition coefficient (Wildman–Crippen LogP) is 3.32. The lowest BCUT2D eigenvalue weighted by atomic mass is 10.1. The van der Waals surface area contributed by atoms with Gasteiger partial charge in [-0.05, 0) is 37.0 Å². The molecule has 1 N–H and O–H groups in total. The number of carbonyl (C=O) groups is 1. The number of ether oxygens (including phenoxy) is 1. The van der Waals surface area contributed by atoms with Crippen LogP contribution in [0.15, 0.2) is 24.3 Å². The summed E-state index contributed by atoms with van der Waals surface area (Å²) in [6, 6.07) is 7.61. The zero-order valence-electron chi connectivity index (χ0n) is 10.3. The molecule has 1 aliphatic heterocycles. The third-order valence-electron chi connectivity index (χ3n) is 3.08. The lowest BCUT2D eigenvalue weighted by Gasteiger charge is -2.09. The summed E-state index contributed by atoms with van der Waals surface area (Å²) in [5, 5.41) is 2.89. The number of amides is 1. The number of alkyl halides is 1. The maximum atomic E-state index is 11.8. The molecule has 1 aromatic carbocycles. The molecule has 0 bridgehead atoms. The monoisotopic (exact) mass is 267 g/mol. The van der Waals surface area contributed by atoms with Crippen LogP contribution in [0.3, 0.4) is 0 Å². The molecule has 2 rings (SSSR count). The Kier molecular flexibility index (Phi) is 5.02. The van der Waals surface area contributed by atoms with Crippen molar-refractivity contribution in [3.8, 4) is 0 Å². The molecule has 1 heterocycles. The molecule has 1 saturated heterocycles. The van der Waals surface area contributed by atoms with Crippen LogP contribution in [0, 0.1) is 0 Å². The summed E-state index contributed by atoms with van der Waals surface area (Å²) < 4.78 is 5.49. The molecule has 0 aliphatic carbocycles. The van der Waals surface area contributed by atoms with E-state index < -0.39 is 0 Å². The van der Waals surface area contributed by atoms with E-state index in [0.717, 1.165) is 37.1 Å². The third kappa shape index (κ3) is 4.00. The minimum atomic E-state index is 0.0391. The van der Waals surface area contributed by atoms with Crippen LogP contribution in [0.25, 0.3) is 0 Å². The van der Waals surface area contributed by atoms with Crippen LogP contribution in [0.1, 0.15) is 31.2 Å². The van der Waals surface area contributed by atoms with E-state index in [2.05, 4.69) is 5.32 Å². The lowest BCUT2D eigenvalue weighted by molar-refractivity contribution is -0.116. The molecule has 1 aromatic rings. The number of benzene rings is 1. The molecular weight excluding hydrogens is 250 g/mol. The Balaban J connectivity index is 1.78. The summed E-state index contributed by atoms with van der Waals surface area (Å²) >= 11 is 5.75. The molecule has 0 aromatic heterocycles. The molecule has 0 saturated carbocycles. The average molecular weight is 268 g/mol. The second-order valence-electron chi connectivity index (χ2n) is 4.56. The second kappa shape index (κ2) is 6.76. The van der Waals surface area contributed by atoms with Gasteiger partial charge in [0.25, 0.3) is 0 Å². The zero-order chi connectivity index (χ0) is 12.8. The van der Waals surface area contributed by atoms with Gasteiger partial charge in [0.05, 0.1) is 6.10 Å². The number of hydrogen-bond donors (Lipinski definition) is 1. The van der Waals surface area contributed by atoms with Crippen molar-refractivity contribution < 1.29 is 9.53 Å². The van der Waals surface area contributed by atoms with Crippen LogP contribution >= 0.6 is 11.6 Å². The molecule has 0 spiro atoms. The molecule has 18 heavy (non-hydrogen) atoms. The van der Waals surface area contributed by atoms with E-state index in [4.69, 9.17) is 16.3 Å². The Hall–Kier alpha value is -1.06. The van der Waals surface area contributed by atoms with Gasteiger partial charge in [0.15, 0.2) is 0 Å². The van der Waals surface area contributed by atoms with E-state index >= 15 is 0 Å². The van der Waals surface area contributed by atoms with Gasteiger partial charge in [0.2, 0.25) is 5.91 Å². The fourth-order valence-corrected chi connectivity index (χ4v) is 2.29. The summed E-state index contributed by atoms with van der Waals surface area (Å²) in [7, 11) is 0. The van der Waals surface area contributed by atoms with Gasteiger partial charge in [-0.3, -0.25) is 4.79 Å². The van der Waals surface area contributed by atoms with Crippen molar-refractivity contribution in [2.75, 3.05) is 11.9 Å². The van der Waals surface area contributed by atoms with Gasteiger partial charge in [-0.1, -0.05) is 12.1 Å². The van der Waals surface area contributed by atoms with Crippen LogP contribution in [-0.2, 0) is 15.4 Å². The van der Waals surface area contributed by atoms with Gasteiger partial charge in [-0.25, -0.2) is 0 Å². The first kappa shape index (κ1) is 13.4. The van der Waals surface area contributed by atoms with E-state index in [1.54, 1.807) is 0 Å². The number of halogens is 1. The SMILES string of the molecule is O=C(CCC1CCCO1)Nc1cccc(CCl)c1. The highest BCUT2D eigenvalue weighted by Gasteiger charge is 2.16. The Morgan fingerprint density at radius 2 is 2.39 bits per heavy atom. The molecule has 0 radical (unpaired) electrons. The zero-order valence-corrected chi connectivity index (χ0v) is 11.1. The summed E-state index contributed by atoms with van der Waals surface area (Å²) in [5.74, 6) is 0.497. The van der Waals surface area contributed by atoms with Crippen LogP contribution in [-0.4, -0.2) is 18.6 Å². The first-order valence-corrected chi connectivity index (χ1v) is 6.88. The standard InChI is InChI=1S/C14H18ClNO2/c15-10-11-3-1-4-12(9-11)16-14(17)7-6-13-5-2-8-18-13/h1,3-4,9,13H,2,5-8,10H2,(H,16,17).